The van der Waals surface area contributed by atoms with Gasteiger partial charge in [-0.15, -0.1) is 0 Å². The largest absolute Gasteiger partial charge is 0.306 e. The molecule has 5 nitrogen and oxygen atoms in total. The van der Waals surface area contributed by atoms with Crippen LogP contribution in [0.2, 0.25) is 0 Å². The predicted octanol–water partition coefficient (Wildman–Crippen LogP) is 2.70. The summed E-state index contributed by atoms with van der Waals surface area (Å²) in [5, 5.41) is 0. The van der Waals surface area contributed by atoms with E-state index >= 15 is 0 Å². The van der Waals surface area contributed by atoms with Crippen molar-refractivity contribution in [3.05, 3.63) is 48.5 Å². The molecular weight excluding hydrogens is 286 g/mol. The summed E-state index contributed by atoms with van der Waals surface area (Å²) < 4.78 is 2.12. The minimum absolute atomic E-state index is 0.686. The Hall–Kier alpha value is -2.27. The van der Waals surface area contributed by atoms with Crippen molar-refractivity contribution in [1.29, 1.82) is 0 Å². The van der Waals surface area contributed by atoms with Gasteiger partial charge in [0.15, 0.2) is 5.65 Å². The third kappa shape index (κ3) is 2.84. The molecule has 0 aromatic carbocycles. The van der Waals surface area contributed by atoms with Gasteiger partial charge in [-0.2, -0.15) is 0 Å². The molecule has 4 heterocycles. The van der Waals surface area contributed by atoms with E-state index in [1.807, 2.05) is 42.7 Å². The first kappa shape index (κ1) is 14.3. The van der Waals surface area contributed by atoms with E-state index in [2.05, 4.69) is 26.5 Å². The maximum absolute atomic E-state index is 4.85. The van der Waals surface area contributed by atoms with E-state index in [1.54, 1.807) is 0 Å². The first-order chi connectivity index (χ1) is 11.3. The molecule has 0 aliphatic carbocycles. The highest BCUT2D eigenvalue weighted by atomic mass is 15.2. The Morgan fingerprint density at radius 3 is 2.65 bits per heavy atom. The minimum atomic E-state index is 0.686. The fourth-order valence-electron chi connectivity index (χ4n) is 3.35. The van der Waals surface area contributed by atoms with Gasteiger partial charge >= 0.3 is 0 Å². The van der Waals surface area contributed by atoms with Crippen molar-refractivity contribution in [3.8, 4) is 5.82 Å². The maximum Gasteiger partial charge on any atom is 0.165 e. The van der Waals surface area contributed by atoms with Gasteiger partial charge in [0.25, 0.3) is 0 Å². The van der Waals surface area contributed by atoms with Crippen molar-refractivity contribution in [1.82, 2.24) is 24.4 Å². The summed E-state index contributed by atoms with van der Waals surface area (Å²) in [4.78, 5) is 16.3. The summed E-state index contributed by atoms with van der Waals surface area (Å²) in [6.07, 6.45) is 7.09. The number of nitrogens with zero attached hydrogens (tertiary/aromatic N) is 5. The van der Waals surface area contributed by atoms with Crippen LogP contribution in [0.5, 0.6) is 0 Å². The topological polar surface area (TPSA) is 46.8 Å². The zero-order valence-electron chi connectivity index (χ0n) is 13.4. The number of likely N-dealkylation sites (tertiary alicyclic amines) is 1. The lowest BCUT2D eigenvalue weighted by molar-refractivity contribution is 0.217. The molecule has 0 bridgehead atoms. The summed E-state index contributed by atoms with van der Waals surface area (Å²) in [5.74, 6) is 2.66. The molecule has 4 rings (SSSR count). The van der Waals surface area contributed by atoms with E-state index in [1.165, 1.54) is 25.9 Å². The highest BCUT2D eigenvalue weighted by Gasteiger charge is 2.21. The van der Waals surface area contributed by atoms with Crippen LogP contribution in [0.25, 0.3) is 17.0 Å². The molecule has 5 heteroatoms. The van der Waals surface area contributed by atoms with Gasteiger partial charge in [-0.1, -0.05) is 6.07 Å². The number of rotatable bonds is 3. The third-order valence-electron chi connectivity index (χ3n) is 4.67. The van der Waals surface area contributed by atoms with Crippen molar-refractivity contribution in [3.63, 3.8) is 0 Å². The van der Waals surface area contributed by atoms with Gasteiger partial charge in [0.05, 0.1) is 0 Å². The molecule has 1 saturated heterocycles. The highest BCUT2D eigenvalue weighted by molar-refractivity contribution is 5.73. The number of aromatic nitrogens is 4. The molecule has 0 amide bonds. The normalized spacial score (nSPS) is 16.9. The number of pyridine rings is 2. The van der Waals surface area contributed by atoms with Crippen LogP contribution in [-0.2, 0) is 6.42 Å². The molecular formula is C18H21N5. The monoisotopic (exact) mass is 307 g/mol. The minimum Gasteiger partial charge on any atom is -0.306 e. The molecule has 0 atom stereocenters. The molecule has 0 unspecified atom stereocenters. The fraction of sp³-hybridized carbons (Fsp3) is 0.389. The second kappa shape index (κ2) is 6.08. The second-order valence-electron chi connectivity index (χ2n) is 6.35. The number of fused-ring (bicyclic) bond motifs is 1. The van der Waals surface area contributed by atoms with Gasteiger partial charge < -0.3 is 4.90 Å². The average molecular weight is 307 g/mol. The van der Waals surface area contributed by atoms with E-state index in [4.69, 9.17) is 4.98 Å². The quantitative estimate of drug-likeness (QED) is 0.746. The van der Waals surface area contributed by atoms with E-state index < -0.39 is 0 Å². The van der Waals surface area contributed by atoms with Crippen molar-refractivity contribution in [2.75, 3.05) is 20.1 Å². The van der Waals surface area contributed by atoms with Gasteiger partial charge in [-0.05, 0) is 63.2 Å². The van der Waals surface area contributed by atoms with Gasteiger partial charge in [-0.3, -0.25) is 4.57 Å². The van der Waals surface area contributed by atoms with Crippen molar-refractivity contribution in [2.24, 2.45) is 5.92 Å². The number of hydrogen-bond donors (Lipinski definition) is 0. The second-order valence-corrected chi connectivity index (χ2v) is 6.35. The molecule has 0 N–H and O–H groups in total. The summed E-state index contributed by atoms with van der Waals surface area (Å²) in [5.41, 5.74) is 1.84. The molecule has 0 saturated carbocycles. The van der Waals surface area contributed by atoms with Crippen molar-refractivity contribution >= 4 is 11.2 Å². The van der Waals surface area contributed by atoms with Gasteiger partial charge in [0.1, 0.15) is 17.2 Å². The zero-order chi connectivity index (χ0) is 15.6. The van der Waals surface area contributed by atoms with Crippen LogP contribution in [0, 0.1) is 5.92 Å². The van der Waals surface area contributed by atoms with E-state index in [-0.39, 0.29) is 0 Å². The standard InChI is InChI=1S/C18H21N5/c1-22-11-7-14(8-12-22)13-17-21-15-5-4-10-20-18(15)23(17)16-6-2-3-9-19-16/h2-6,9-10,14H,7-8,11-13H2,1H3. The lowest BCUT2D eigenvalue weighted by Gasteiger charge is -2.28. The van der Waals surface area contributed by atoms with E-state index in [9.17, 15) is 0 Å². The molecule has 3 aromatic heterocycles. The van der Waals surface area contributed by atoms with Crippen LogP contribution in [-0.4, -0.2) is 44.6 Å². The molecule has 1 aliphatic heterocycles. The summed E-state index contributed by atoms with van der Waals surface area (Å²) in [6, 6.07) is 9.94. The van der Waals surface area contributed by atoms with Gasteiger partial charge in [0.2, 0.25) is 0 Å². The molecule has 1 aliphatic rings. The SMILES string of the molecule is CN1CCC(Cc2nc3cccnc3n2-c2ccccn2)CC1. The lowest BCUT2D eigenvalue weighted by Crippen LogP contribution is -2.31. The first-order valence-electron chi connectivity index (χ1n) is 8.23. The first-order valence-corrected chi connectivity index (χ1v) is 8.23. The van der Waals surface area contributed by atoms with Crippen LogP contribution < -0.4 is 0 Å². The molecule has 1 fully saturated rings. The van der Waals surface area contributed by atoms with Crippen molar-refractivity contribution in [2.45, 2.75) is 19.3 Å². The van der Waals surface area contributed by atoms with E-state index in [0.29, 0.717) is 5.92 Å². The molecule has 23 heavy (non-hydrogen) atoms. The molecule has 0 spiro atoms. The number of piperidine rings is 1. The Bertz CT molecular complexity index is 788. The predicted molar refractivity (Wildman–Crippen MR) is 90.6 cm³/mol. The van der Waals surface area contributed by atoms with Gasteiger partial charge in [0, 0.05) is 18.8 Å². The van der Waals surface area contributed by atoms with Crippen molar-refractivity contribution < 1.29 is 0 Å². The van der Waals surface area contributed by atoms with Crippen LogP contribution in [0.1, 0.15) is 18.7 Å². The zero-order valence-corrected chi connectivity index (χ0v) is 13.4. The Morgan fingerprint density at radius 1 is 1.04 bits per heavy atom. The van der Waals surface area contributed by atoms with Gasteiger partial charge in [-0.25, -0.2) is 15.0 Å². The Balaban J connectivity index is 1.74. The lowest BCUT2D eigenvalue weighted by atomic mass is 9.93. The van der Waals surface area contributed by atoms with Crippen LogP contribution in [0.15, 0.2) is 42.7 Å². The Morgan fingerprint density at radius 2 is 1.87 bits per heavy atom. The van der Waals surface area contributed by atoms with E-state index in [0.717, 1.165) is 29.2 Å². The van der Waals surface area contributed by atoms with Crippen LogP contribution >= 0.6 is 0 Å². The molecule has 0 radical (unpaired) electrons. The average Bonchev–Trinajstić information content (AvgIpc) is 2.95. The molecule has 3 aromatic rings. The van der Waals surface area contributed by atoms with Crippen LogP contribution in [0.4, 0.5) is 0 Å². The summed E-state index contributed by atoms with van der Waals surface area (Å²) in [7, 11) is 2.20. The summed E-state index contributed by atoms with van der Waals surface area (Å²) in [6.45, 7) is 2.35. The fourth-order valence-corrected chi connectivity index (χ4v) is 3.35. The Labute approximate surface area is 136 Å². The summed E-state index contributed by atoms with van der Waals surface area (Å²) >= 11 is 0. The number of imidazole rings is 1. The maximum atomic E-state index is 4.85. The number of hydrogen-bond acceptors (Lipinski definition) is 4. The molecule has 118 valence electrons. The third-order valence-corrected chi connectivity index (χ3v) is 4.67. The Kier molecular flexibility index (Phi) is 3.79. The van der Waals surface area contributed by atoms with Crippen LogP contribution in [0.3, 0.4) is 0 Å². The smallest absolute Gasteiger partial charge is 0.165 e. The highest BCUT2D eigenvalue weighted by Crippen LogP contribution is 2.24.